The van der Waals surface area contributed by atoms with Crippen LogP contribution in [0.25, 0.3) is 11.0 Å². The molecular formula is C15H19IN2OS. The van der Waals surface area contributed by atoms with Gasteiger partial charge in [0.2, 0.25) is 0 Å². The summed E-state index contributed by atoms with van der Waals surface area (Å²) in [5.41, 5.74) is 2.44. The van der Waals surface area contributed by atoms with Crippen LogP contribution in [-0.4, -0.2) is 22.3 Å². The molecule has 1 aromatic carbocycles. The van der Waals surface area contributed by atoms with Gasteiger partial charge in [0.15, 0.2) is 4.77 Å². The van der Waals surface area contributed by atoms with Crippen LogP contribution in [0.5, 0.6) is 0 Å². The number of H-pyrrole nitrogens is 1. The molecule has 0 spiro atoms. The number of hydrogen-bond acceptors (Lipinski definition) is 2. The van der Waals surface area contributed by atoms with E-state index >= 15 is 0 Å². The molecule has 0 aliphatic heterocycles. The van der Waals surface area contributed by atoms with Crippen LogP contribution in [0, 0.1) is 13.8 Å². The van der Waals surface area contributed by atoms with Gasteiger partial charge in [0.05, 0.1) is 17.1 Å². The third-order valence-electron chi connectivity index (χ3n) is 4.48. The lowest BCUT2D eigenvalue weighted by atomic mass is 9.64. The zero-order chi connectivity index (χ0) is 14.5. The van der Waals surface area contributed by atoms with Gasteiger partial charge in [0, 0.05) is 21.6 Å². The monoisotopic (exact) mass is 402 g/mol. The van der Waals surface area contributed by atoms with Crippen LogP contribution in [0.15, 0.2) is 18.2 Å². The second kappa shape index (κ2) is 5.10. The summed E-state index contributed by atoms with van der Waals surface area (Å²) in [7, 11) is 0. The maximum Gasteiger partial charge on any atom is 0.178 e. The first-order valence-electron chi connectivity index (χ1n) is 6.96. The van der Waals surface area contributed by atoms with Gasteiger partial charge in [-0.15, -0.1) is 0 Å². The highest BCUT2D eigenvalue weighted by molar-refractivity contribution is 14.1. The van der Waals surface area contributed by atoms with Gasteiger partial charge >= 0.3 is 0 Å². The van der Waals surface area contributed by atoms with Crippen molar-refractivity contribution in [3.05, 3.63) is 26.5 Å². The molecule has 1 N–H and O–H groups in total. The maximum atomic E-state index is 5.83. The molecule has 108 valence electrons. The molecule has 2 aromatic rings. The second-order valence-corrected chi connectivity index (χ2v) is 7.61. The molecule has 5 heteroatoms. The SMILES string of the molecule is CCOC1CC(n2c(=S)[nH]c3cc(I)ccc32)C1(C)C. The minimum atomic E-state index is 0.117. The number of imidazole rings is 1. The lowest BCUT2D eigenvalue weighted by molar-refractivity contribution is -0.127. The maximum absolute atomic E-state index is 5.83. The number of ether oxygens (including phenoxy) is 1. The van der Waals surface area contributed by atoms with Crippen LogP contribution >= 0.6 is 34.8 Å². The summed E-state index contributed by atoms with van der Waals surface area (Å²) in [5, 5.41) is 0. The molecule has 1 aromatic heterocycles. The number of fused-ring (bicyclic) bond motifs is 1. The van der Waals surface area contributed by atoms with Crippen LogP contribution in [0.4, 0.5) is 0 Å². The van der Waals surface area contributed by atoms with E-state index in [2.05, 4.69) is 71.1 Å². The van der Waals surface area contributed by atoms with Gasteiger partial charge in [0.25, 0.3) is 0 Å². The second-order valence-electron chi connectivity index (χ2n) is 5.98. The molecule has 3 nitrogen and oxygen atoms in total. The normalized spacial score (nSPS) is 24.8. The van der Waals surface area contributed by atoms with Crippen molar-refractivity contribution in [2.45, 2.75) is 39.3 Å². The fraction of sp³-hybridized carbons (Fsp3) is 0.533. The fourth-order valence-corrected chi connectivity index (χ4v) is 4.03. The molecule has 0 bridgehead atoms. The van der Waals surface area contributed by atoms with Gasteiger partial charge < -0.3 is 14.3 Å². The zero-order valence-electron chi connectivity index (χ0n) is 11.9. The lowest BCUT2D eigenvalue weighted by Crippen LogP contribution is -2.51. The van der Waals surface area contributed by atoms with Crippen molar-refractivity contribution in [2.24, 2.45) is 5.41 Å². The predicted molar refractivity (Wildman–Crippen MR) is 92.7 cm³/mol. The summed E-state index contributed by atoms with van der Waals surface area (Å²) < 4.78 is 10.1. The third-order valence-corrected chi connectivity index (χ3v) is 5.45. The number of halogens is 1. The molecule has 1 fully saturated rings. The molecule has 20 heavy (non-hydrogen) atoms. The zero-order valence-corrected chi connectivity index (χ0v) is 14.9. The molecule has 0 saturated heterocycles. The molecular weight excluding hydrogens is 383 g/mol. The summed E-state index contributed by atoms with van der Waals surface area (Å²) in [6.45, 7) is 7.38. The van der Waals surface area contributed by atoms with Crippen molar-refractivity contribution in [3.8, 4) is 0 Å². The Kier molecular flexibility index (Phi) is 3.71. The third kappa shape index (κ3) is 2.14. The summed E-state index contributed by atoms with van der Waals surface area (Å²) in [5.74, 6) is 0. The first kappa shape index (κ1) is 14.5. The summed E-state index contributed by atoms with van der Waals surface area (Å²) in [6.07, 6.45) is 1.36. The number of rotatable bonds is 3. The number of nitrogens with zero attached hydrogens (tertiary/aromatic N) is 1. The van der Waals surface area contributed by atoms with Crippen molar-refractivity contribution in [2.75, 3.05) is 6.61 Å². The molecule has 1 heterocycles. The Morgan fingerprint density at radius 3 is 2.90 bits per heavy atom. The number of hydrogen-bond donors (Lipinski definition) is 1. The van der Waals surface area contributed by atoms with Gasteiger partial charge in [-0.05, 0) is 66.4 Å². The number of benzene rings is 1. The van der Waals surface area contributed by atoms with Crippen molar-refractivity contribution < 1.29 is 4.74 Å². The first-order chi connectivity index (χ1) is 9.45. The van der Waals surface area contributed by atoms with Gasteiger partial charge in [-0.25, -0.2) is 0 Å². The summed E-state index contributed by atoms with van der Waals surface area (Å²) in [6, 6.07) is 6.84. The average molecular weight is 402 g/mol. The standard InChI is InChI=1S/C15H19IN2OS/c1-4-19-13-8-12(15(13,2)3)18-11-6-5-9(16)7-10(11)17-14(18)20/h5-7,12-13H,4,8H2,1-3H3,(H,17,20). The van der Waals surface area contributed by atoms with E-state index in [1.54, 1.807) is 0 Å². The van der Waals surface area contributed by atoms with Crippen molar-refractivity contribution in [1.82, 2.24) is 9.55 Å². The first-order valence-corrected chi connectivity index (χ1v) is 8.45. The average Bonchev–Trinajstić information content (AvgIpc) is 2.69. The van der Waals surface area contributed by atoms with Crippen LogP contribution in [-0.2, 0) is 4.74 Å². The highest BCUT2D eigenvalue weighted by Crippen LogP contribution is 2.52. The minimum absolute atomic E-state index is 0.117. The quantitative estimate of drug-likeness (QED) is 0.597. The van der Waals surface area contributed by atoms with Crippen molar-refractivity contribution in [3.63, 3.8) is 0 Å². The predicted octanol–water partition coefficient (Wildman–Crippen LogP) is 4.68. The van der Waals surface area contributed by atoms with Crippen molar-refractivity contribution in [1.29, 1.82) is 0 Å². The molecule has 0 radical (unpaired) electrons. The van der Waals surface area contributed by atoms with Crippen LogP contribution in [0.3, 0.4) is 0 Å². The van der Waals surface area contributed by atoms with Crippen LogP contribution in [0.2, 0.25) is 0 Å². The lowest BCUT2D eigenvalue weighted by Gasteiger charge is -2.52. The van der Waals surface area contributed by atoms with E-state index < -0.39 is 0 Å². The largest absolute Gasteiger partial charge is 0.378 e. The highest BCUT2D eigenvalue weighted by atomic mass is 127. The number of nitrogens with one attached hydrogen (secondary N) is 1. The van der Waals surface area contributed by atoms with Crippen LogP contribution < -0.4 is 0 Å². The van der Waals surface area contributed by atoms with E-state index in [-0.39, 0.29) is 5.41 Å². The van der Waals surface area contributed by atoms with Gasteiger partial charge in [-0.3, -0.25) is 0 Å². The van der Waals surface area contributed by atoms with E-state index in [0.29, 0.717) is 12.1 Å². The van der Waals surface area contributed by atoms with E-state index in [1.165, 1.54) is 9.09 Å². The van der Waals surface area contributed by atoms with Crippen molar-refractivity contribution >= 4 is 45.8 Å². The molecule has 0 amide bonds. The molecule has 2 atom stereocenters. The topological polar surface area (TPSA) is 29.9 Å². The summed E-state index contributed by atoms with van der Waals surface area (Å²) in [4.78, 5) is 3.33. The smallest absolute Gasteiger partial charge is 0.178 e. The Labute approximate surface area is 137 Å². The Morgan fingerprint density at radius 2 is 2.25 bits per heavy atom. The molecule has 2 unspecified atom stereocenters. The Bertz CT molecular complexity index is 703. The van der Waals surface area contributed by atoms with E-state index in [4.69, 9.17) is 17.0 Å². The number of aromatic nitrogens is 2. The fourth-order valence-electron chi connectivity index (χ4n) is 3.20. The molecule has 1 saturated carbocycles. The molecule has 3 rings (SSSR count). The van der Waals surface area contributed by atoms with Gasteiger partial charge in [-0.1, -0.05) is 13.8 Å². The molecule has 1 aliphatic rings. The van der Waals surface area contributed by atoms with E-state index in [0.717, 1.165) is 23.3 Å². The Morgan fingerprint density at radius 1 is 1.50 bits per heavy atom. The van der Waals surface area contributed by atoms with E-state index in [1.807, 2.05) is 0 Å². The van der Waals surface area contributed by atoms with Gasteiger partial charge in [0.1, 0.15) is 0 Å². The highest BCUT2D eigenvalue weighted by Gasteiger charge is 2.50. The minimum Gasteiger partial charge on any atom is -0.378 e. The van der Waals surface area contributed by atoms with E-state index in [9.17, 15) is 0 Å². The number of aromatic amines is 1. The Balaban J connectivity index is 2.04. The Hall–Kier alpha value is -0.400. The summed E-state index contributed by atoms with van der Waals surface area (Å²) >= 11 is 7.87. The molecule has 1 aliphatic carbocycles. The van der Waals surface area contributed by atoms with Crippen LogP contribution in [0.1, 0.15) is 33.2 Å². The van der Waals surface area contributed by atoms with Gasteiger partial charge in [-0.2, -0.15) is 0 Å².